The van der Waals surface area contributed by atoms with Gasteiger partial charge in [0.2, 0.25) is 0 Å². The average molecular weight is 312 g/mol. The molecule has 0 amide bonds. The van der Waals surface area contributed by atoms with Crippen LogP contribution in [0, 0.1) is 0 Å². The van der Waals surface area contributed by atoms with Crippen molar-refractivity contribution in [2.24, 2.45) is 0 Å². The zero-order chi connectivity index (χ0) is 16.0. The predicted octanol–water partition coefficient (Wildman–Crippen LogP) is 5.84. The van der Waals surface area contributed by atoms with Crippen molar-refractivity contribution in [3.05, 3.63) is 0 Å². The molecule has 3 atom stereocenters. The summed E-state index contributed by atoms with van der Waals surface area (Å²) in [5.41, 5.74) is 0. The fourth-order valence-corrected chi connectivity index (χ4v) is 3.76. The Morgan fingerprint density at radius 3 is 2.00 bits per heavy atom. The highest BCUT2D eigenvalue weighted by molar-refractivity contribution is 4.84. The fraction of sp³-hybridized carbons (Fsp3) is 1.00. The molecule has 132 valence electrons. The van der Waals surface area contributed by atoms with Crippen molar-refractivity contribution in [2.75, 3.05) is 7.11 Å². The smallest absolute Gasteiger partial charge is 0.0586 e. The third-order valence-corrected chi connectivity index (χ3v) is 5.25. The van der Waals surface area contributed by atoms with Gasteiger partial charge in [-0.05, 0) is 32.1 Å². The summed E-state index contributed by atoms with van der Waals surface area (Å²) in [5, 5.41) is 3.97. The lowest BCUT2D eigenvalue weighted by atomic mass is 9.99. The number of methoxy groups -OCH3 is 1. The maximum absolute atomic E-state index is 5.52. The van der Waals surface area contributed by atoms with E-state index in [1.165, 1.54) is 89.9 Å². The van der Waals surface area contributed by atoms with Crippen LogP contribution < -0.4 is 5.32 Å². The first-order chi connectivity index (χ1) is 10.8. The van der Waals surface area contributed by atoms with Gasteiger partial charge in [0.25, 0.3) is 0 Å². The lowest BCUT2D eigenvalue weighted by molar-refractivity contribution is 0.106. The summed E-state index contributed by atoms with van der Waals surface area (Å²) in [6, 6.07) is 1.45. The van der Waals surface area contributed by atoms with E-state index >= 15 is 0 Å². The molecule has 0 aromatic rings. The van der Waals surface area contributed by atoms with Crippen LogP contribution in [0.4, 0.5) is 0 Å². The molecule has 0 aromatic heterocycles. The molecule has 0 spiro atoms. The first kappa shape index (κ1) is 20.0. The maximum Gasteiger partial charge on any atom is 0.0586 e. The standard InChI is InChI=1S/C20H41NO/c1-4-6-8-10-12-14-18(13-11-9-7-5-2)21-19-15-16-20(17-19)22-3/h18-21H,4-17H2,1-3H3/t18?,19-,20-/m1/s1. The van der Waals surface area contributed by atoms with Crippen molar-refractivity contribution in [2.45, 2.75) is 122 Å². The Morgan fingerprint density at radius 2 is 1.45 bits per heavy atom. The molecule has 0 heterocycles. The van der Waals surface area contributed by atoms with E-state index in [4.69, 9.17) is 4.74 Å². The highest BCUT2D eigenvalue weighted by Gasteiger charge is 2.25. The van der Waals surface area contributed by atoms with Crippen LogP contribution in [0.25, 0.3) is 0 Å². The SMILES string of the molecule is CCCCCCCC(CCCCCC)N[C@@H]1CC[C@@H](OC)C1. The number of nitrogens with one attached hydrogen (secondary N) is 1. The van der Waals surface area contributed by atoms with Crippen molar-refractivity contribution in [3.8, 4) is 0 Å². The molecule has 1 rings (SSSR count). The molecule has 0 bridgehead atoms. The Bertz CT molecular complexity index is 244. The van der Waals surface area contributed by atoms with E-state index in [1.807, 2.05) is 7.11 Å². The predicted molar refractivity (Wildman–Crippen MR) is 97.5 cm³/mol. The van der Waals surface area contributed by atoms with Gasteiger partial charge < -0.3 is 10.1 Å². The second kappa shape index (κ2) is 13.4. The normalized spacial score (nSPS) is 23.0. The van der Waals surface area contributed by atoms with E-state index in [0.29, 0.717) is 12.1 Å². The van der Waals surface area contributed by atoms with E-state index in [0.717, 1.165) is 6.04 Å². The minimum Gasteiger partial charge on any atom is -0.381 e. The first-order valence-electron chi connectivity index (χ1n) is 10.1. The lowest BCUT2D eigenvalue weighted by Gasteiger charge is -2.23. The Balaban J connectivity index is 2.23. The number of unbranched alkanes of at least 4 members (excludes halogenated alkanes) is 7. The van der Waals surface area contributed by atoms with Gasteiger partial charge in [0.1, 0.15) is 0 Å². The molecule has 1 unspecified atom stereocenters. The minimum absolute atomic E-state index is 0.503. The van der Waals surface area contributed by atoms with E-state index in [2.05, 4.69) is 19.2 Å². The Kier molecular flexibility index (Phi) is 12.1. The van der Waals surface area contributed by atoms with E-state index in [9.17, 15) is 0 Å². The molecule has 1 aliphatic rings. The molecular formula is C20H41NO. The summed E-state index contributed by atoms with van der Waals surface area (Å²) >= 11 is 0. The zero-order valence-corrected chi connectivity index (χ0v) is 15.5. The van der Waals surface area contributed by atoms with Gasteiger partial charge in [-0.3, -0.25) is 0 Å². The van der Waals surface area contributed by atoms with Crippen molar-refractivity contribution in [1.82, 2.24) is 5.32 Å². The van der Waals surface area contributed by atoms with Crippen molar-refractivity contribution >= 4 is 0 Å². The van der Waals surface area contributed by atoms with Gasteiger partial charge in [0, 0.05) is 19.2 Å². The number of ether oxygens (including phenoxy) is 1. The molecule has 1 fully saturated rings. The summed E-state index contributed by atoms with van der Waals surface area (Å²) in [4.78, 5) is 0. The van der Waals surface area contributed by atoms with Crippen molar-refractivity contribution in [3.63, 3.8) is 0 Å². The molecule has 1 N–H and O–H groups in total. The van der Waals surface area contributed by atoms with Gasteiger partial charge in [-0.15, -0.1) is 0 Å². The van der Waals surface area contributed by atoms with Gasteiger partial charge in [-0.2, -0.15) is 0 Å². The summed E-state index contributed by atoms with van der Waals surface area (Å²) in [6.07, 6.45) is 19.6. The second-order valence-corrected chi connectivity index (χ2v) is 7.28. The third-order valence-electron chi connectivity index (χ3n) is 5.25. The molecule has 0 radical (unpaired) electrons. The van der Waals surface area contributed by atoms with Gasteiger partial charge in [0.15, 0.2) is 0 Å². The van der Waals surface area contributed by atoms with E-state index in [1.54, 1.807) is 0 Å². The van der Waals surface area contributed by atoms with Gasteiger partial charge in [-0.25, -0.2) is 0 Å². The molecular weight excluding hydrogens is 270 g/mol. The summed E-state index contributed by atoms with van der Waals surface area (Å²) in [5.74, 6) is 0. The summed E-state index contributed by atoms with van der Waals surface area (Å²) in [6.45, 7) is 4.59. The fourth-order valence-electron chi connectivity index (χ4n) is 3.76. The highest BCUT2D eigenvalue weighted by atomic mass is 16.5. The van der Waals surface area contributed by atoms with Crippen molar-refractivity contribution in [1.29, 1.82) is 0 Å². The monoisotopic (exact) mass is 311 g/mol. The lowest BCUT2D eigenvalue weighted by Crippen LogP contribution is -2.37. The zero-order valence-electron chi connectivity index (χ0n) is 15.5. The van der Waals surface area contributed by atoms with Crippen LogP contribution in [0.5, 0.6) is 0 Å². The minimum atomic E-state index is 0.503. The number of rotatable bonds is 14. The Labute approximate surface area is 139 Å². The largest absolute Gasteiger partial charge is 0.381 e. The molecule has 22 heavy (non-hydrogen) atoms. The first-order valence-corrected chi connectivity index (χ1v) is 10.1. The van der Waals surface area contributed by atoms with Crippen LogP contribution in [0.2, 0.25) is 0 Å². The molecule has 0 aromatic carbocycles. The van der Waals surface area contributed by atoms with Crippen molar-refractivity contribution < 1.29 is 4.74 Å². The Morgan fingerprint density at radius 1 is 0.864 bits per heavy atom. The summed E-state index contributed by atoms with van der Waals surface area (Å²) < 4.78 is 5.52. The van der Waals surface area contributed by atoms with Crippen LogP contribution in [0.3, 0.4) is 0 Å². The van der Waals surface area contributed by atoms with Crippen LogP contribution >= 0.6 is 0 Å². The molecule has 0 aliphatic heterocycles. The van der Waals surface area contributed by atoms with E-state index < -0.39 is 0 Å². The Hall–Kier alpha value is -0.0800. The van der Waals surface area contributed by atoms with Gasteiger partial charge >= 0.3 is 0 Å². The molecule has 0 saturated heterocycles. The van der Waals surface area contributed by atoms with E-state index in [-0.39, 0.29) is 0 Å². The van der Waals surface area contributed by atoms with Crippen LogP contribution in [-0.2, 0) is 4.74 Å². The maximum atomic E-state index is 5.52. The second-order valence-electron chi connectivity index (χ2n) is 7.28. The molecule has 1 aliphatic carbocycles. The molecule has 2 heteroatoms. The highest BCUT2D eigenvalue weighted by Crippen LogP contribution is 2.23. The molecule has 2 nitrogen and oxygen atoms in total. The number of hydrogen-bond acceptors (Lipinski definition) is 2. The van der Waals surface area contributed by atoms with Crippen LogP contribution in [0.1, 0.15) is 104 Å². The van der Waals surface area contributed by atoms with Crippen LogP contribution in [0.15, 0.2) is 0 Å². The number of hydrogen-bond donors (Lipinski definition) is 1. The van der Waals surface area contributed by atoms with Crippen LogP contribution in [-0.4, -0.2) is 25.3 Å². The third kappa shape index (κ3) is 9.15. The van der Waals surface area contributed by atoms with Gasteiger partial charge in [0.05, 0.1) is 6.10 Å². The quantitative estimate of drug-likeness (QED) is 0.407. The van der Waals surface area contributed by atoms with Gasteiger partial charge in [-0.1, -0.05) is 71.6 Å². The topological polar surface area (TPSA) is 21.3 Å². The molecule has 1 saturated carbocycles. The average Bonchev–Trinajstić information content (AvgIpc) is 2.98. The summed E-state index contributed by atoms with van der Waals surface area (Å²) in [7, 11) is 1.86.